The molecule has 0 unspecified atom stereocenters. The fourth-order valence-electron chi connectivity index (χ4n) is 1.56. The van der Waals surface area contributed by atoms with Crippen LogP contribution in [0.3, 0.4) is 0 Å². The van der Waals surface area contributed by atoms with Crippen LogP contribution in [0, 0.1) is 0 Å². The maximum absolute atomic E-state index is 8.59. The Balaban J connectivity index is 1.92. The molecule has 0 bridgehead atoms. The molecule has 2 aromatic rings. The minimum Gasteiger partial charge on any atom is -0.409 e. The van der Waals surface area contributed by atoms with Crippen molar-refractivity contribution in [3.8, 4) is 0 Å². The molecule has 0 amide bonds. The first-order valence-electron chi connectivity index (χ1n) is 5.67. The fourth-order valence-corrected chi connectivity index (χ4v) is 1.56. The van der Waals surface area contributed by atoms with Crippen LogP contribution in [0.1, 0.15) is 17.1 Å². The van der Waals surface area contributed by atoms with Crippen molar-refractivity contribution in [2.45, 2.75) is 13.1 Å². The molecule has 0 aliphatic rings. The largest absolute Gasteiger partial charge is 0.409 e. The Hall–Kier alpha value is -2.48. The Bertz CT molecular complexity index is 578. The molecular formula is C11H15N7O. The number of aromatic nitrogens is 4. The Kier molecular flexibility index (Phi) is 4.04. The zero-order valence-electron chi connectivity index (χ0n) is 10.5. The van der Waals surface area contributed by atoms with Gasteiger partial charge in [0.1, 0.15) is 12.0 Å². The standard InChI is InChI=1S/C11H15N7O/c1-18-7-15-10(16-18)6-13-5-8-2-3-14-9(4-8)11(12)17-19/h2-4,7,13,19H,5-6H2,1H3,(H2,12,17). The van der Waals surface area contributed by atoms with Gasteiger partial charge in [0, 0.05) is 19.8 Å². The van der Waals surface area contributed by atoms with E-state index in [1.165, 1.54) is 0 Å². The van der Waals surface area contributed by atoms with Gasteiger partial charge in [0.2, 0.25) is 0 Å². The van der Waals surface area contributed by atoms with E-state index in [4.69, 9.17) is 10.9 Å². The summed E-state index contributed by atoms with van der Waals surface area (Å²) >= 11 is 0. The summed E-state index contributed by atoms with van der Waals surface area (Å²) in [6.45, 7) is 1.19. The first-order valence-corrected chi connectivity index (χ1v) is 5.67. The van der Waals surface area contributed by atoms with E-state index in [-0.39, 0.29) is 5.84 Å². The summed E-state index contributed by atoms with van der Waals surface area (Å²) in [7, 11) is 1.82. The van der Waals surface area contributed by atoms with Crippen LogP contribution in [-0.2, 0) is 20.1 Å². The normalized spacial score (nSPS) is 11.7. The smallest absolute Gasteiger partial charge is 0.188 e. The van der Waals surface area contributed by atoms with Gasteiger partial charge in [-0.3, -0.25) is 9.67 Å². The van der Waals surface area contributed by atoms with Crippen LogP contribution in [0.25, 0.3) is 0 Å². The maximum Gasteiger partial charge on any atom is 0.188 e. The SMILES string of the molecule is Cn1cnc(CNCc2ccnc(/C(N)=N/O)c2)n1. The molecule has 2 aromatic heterocycles. The number of nitrogens with one attached hydrogen (secondary N) is 1. The van der Waals surface area contributed by atoms with E-state index in [0.29, 0.717) is 18.8 Å². The summed E-state index contributed by atoms with van der Waals surface area (Å²) in [5.74, 6) is 0.724. The molecular weight excluding hydrogens is 246 g/mol. The van der Waals surface area contributed by atoms with Gasteiger partial charge in [-0.25, -0.2) is 4.98 Å². The van der Waals surface area contributed by atoms with Crippen LogP contribution in [-0.4, -0.2) is 30.8 Å². The van der Waals surface area contributed by atoms with Gasteiger partial charge in [0.05, 0.1) is 6.54 Å². The lowest BCUT2D eigenvalue weighted by molar-refractivity contribution is 0.318. The number of rotatable bonds is 5. The molecule has 19 heavy (non-hydrogen) atoms. The van der Waals surface area contributed by atoms with Crippen molar-refractivity contribution in [2.24, 2.45) is 17.9 Å². The third-order valence-corrected chi connectivity index (χ3v) is 2.45. The quantitative estimate of drug-likeness (QED) is 0.292. The highest BCUT2D eigenvalue weighted by atomic mass is 16.4. The first-order chi connectivity index (χ1) is 9.19. The van der Waals surface area contributed by atoms with E-state index in [0.717, 1.165) is 11.4 Å². The molecule has 0 aromatic carbocycles. The van der Waals surface area contributed by atoms with E-state index in [9.17, 15) is 0 Å². The van der Waals surface area contributed by atoms with Gasteiger partial charge in [-0.1, -0.05) is 5.16 Å². The summed E-state index contributed by atoms with van der Waals surface area (Å²) < 4.78 is 1.65. The van der Waals surface area contributed by atoms with Crippen molar-refractivity contribution >= 4 is 5.84 Å². The number of hydrogen-bond acceptors (Lipinski definition) is 6. The zero-order chi connectivity index (χ0) is 13.7. The van der Waals surface area contributed by atoms with Gasteiger partial charge in [0.25, 0.3) is 0 Å². The predicted molar refractivity (Wildman–Crippen MR) is 68.3 cm³/mol. The van der Waals surface area contributed by atoms with E-state index >= 15 is 0 Å². The van der Waals surface area contributed by atoms with Gasteiger partial charge in [0.15, 0.2) is 11.7 Å². The molecule has 0 fully saturated rings. The third kappa shape index (κ3) is 3.49. The van der Waals surface area contributed by atoms with Gasteiger partial charge >= 0.3 is 0 Å². The van der Waals surface area contributed by atoms with Crippen LogP contribution in [0.2, 0.25) is 0 Å². The van der Waals surface area contributed by atoms with Crippen LogP contribution < -0.4 is 11.1 Å². The number of pyridine rings is 1. The zero-order valence-corrected chi connectivity index (χ0v) is 10.5. The minimum atomic E-state index is -0.00626. The van der Waals surface area contributed by atoms with Crippen molar-refractivity contribution in [3.05, 3.63) is 41.7 Å². The molecule has 100 valence electrons. The summed E-state index contributed by atoms with van der Waals surface area (Å²) in [5.41, 5.74) is 6.90. The second kappa shape index (κ2) is 5.91. The minimum absolute atomic E-state index is 0.00626. The molecule has 0 saturated carbocycles. The topological polar surface area (TPSA) is 114 Å². The van der Waals surface area contributed by atoms with Gasteiger partial charge in [-0.05, 0) is 17.7 Å². The third-order valence-electron chi connectivity index (χ3n) is 2.45. The van der Waals surface area contributed by atoms with E-state index in [1.807, 2.05) is 13.1 Å². The number of nitrogens with zero attached hydrogens (tertiary/aromatic N) is 5. The second-order valence-corrected chi connectivity index (χ2v) is 3.97. The molecule has 0 radical (unpaired) electrons. The number of nitrogens with two attached hydrogens (primary N) is 1. The monoisotopic (exact) mass is 261 g/mol. The predicted octanol–water partition coefficient (Wildman–Crippen LogP) is -0.406. The average molecular weight is 261 g/mol. The lowest BCUT2D eigenvalue weighted by Gasteiger charge is -2.04. The summed E-state index contributed by atoms with van der Waals surface area (Å²) in [6.07, 6.45) is 3.27. The molecule has 8 nitrogen and oxygen atoms in total. The highest BCUT2D eigenvalue weighted by Crippen LogP contribution is 2.02. The van der Waals surface area contributed by atoms with Crippen molar-refractivity contribution in [3.63, 3.8) is 0 Å². The van der Waals surface area contributed by atoms with E-state index in [2.05, 4.69) is 25.5 Å². The number of amidine groups is 1. The Morgan fingerprint density at radius 3 is 3.00 bits per heavy atom. The second-order valence-electron chi connectivity index (χ2n) is 3.97. The molecule has 0 saturated heterocycles. The molecule has 0 aliphatic carbocycles. The van der Waals surface area contributed by atoms with Crippen molar-refractivity contribution in [1.82, 2.24) is 25.1 Å². The Labute approximate surface area is 110 Å². The van der Waals surface area contributed by atoms with E-state index < -0.39 is 0 Å². The number of aryl methyl sites for hydroxylation is 1. The lowest BCUT2D eigenvalue weighted by Crippen LogP contribution is -2.17. The summed E-state index contributed by atoms with van der Waals surface area (Å²) in [4.78, 5) is 8.12. The Morgan fingerprint density at radius 1 is 1.47 bits per heavy atom. The van der Waals surface area contributed by atoms with Gasteiger partial charge in [-0.15, -0.1) is 0 Å². The average Bonchev–Trinajstić information content (AvgIpc) is 2.84. The van der Waals surface area contributed by atoms with Gasteiger partial charge < -0.3 is 16.3 Å². The highest BCUT2D eigenvalue weighted by molar-refractivity contribution is 5.95. The Morgan fingerprint density at radius 2 is 2.32 bits per heavy atom. The molecule has 2 heterocycles. The molecule has 2 rings (SSSR count). The van der Waals surface area contributed by atoms with E-state index in [1.54, 1.807) is 23.3 Å². The van der Waals surface area contributed by atoms with Crippen molar-refractivity contribution in [1.29, 1.82) is 0 Å². The highest BCUT2D eigenvalue weighted by Gasteiger charge is 2.03. The van der Waals surface area contributed by atoms with Crippen LogP contribution >= 0.6 is 0 Å². The molecule has 0 aliphatic heterocycles. The van der Waals surface area contributed by atoms with Crippen molar-refractivity contribution < 1.29 is 5.21 Å². The molecule has 4 N–H and O–H groups in total. The first kappa shape index (κ1) is 13.0. The lowest BCUT2D eigenvalue weighted by atomic mass is 10.2. The maximum atomic E-state index is 8.59. The summed E-state index contributed by atoms with van der Waals surface area (Å²) in [6, 6.07) is 3.61. The summed E-state index contributed by atoms with van der Waals surface area (Å²) in [5, 5.41) is 18.9. The van der Waals surface area contributed by atoms with Crippen LogP contribution in [0.15, 0.2) is 29.8 Å². The number of oxime groups is 1. The van der Waals surface area contributed by atoms with Gasteiger partial charge in [-0.2, -0.15) is 5.10 Å². The molecule has 0 spiro atoms. The fraction of sp³-hybridized carbons (Fsp3) is 0.273. The van der Waals surface area contributed by atoms with Crippen molar-refractivity contribution in [2.75, 3.05) is 0 Å². The molecule has 8 heteroatoms. The van der Waals surface area contributed by atoms with Crippen LogP contribution in [0.5, 0.6) is 0 Å². The molecule has 0 atom stereocenters. The van der Waals surface area contributed by atoms with Crippen LogP contribution in [0.4, 0.5) is 0 Å². The number of hydrogen-bond donors (Lipinski definition) is 3.